The van der Waals surface area contributed by atoms with Crippen molar-refractivity contribution >= 4 is 5.91 Å². The van der Waals surface area contributed by atoms with E-state index < -0.39 is 0 Å². The van der Waals surface area contributed by atoms with Gasteiger partial charge in [0.15, 0.2) is 18.1 Å². The molecule has 26 heavy (non-hydrogen) atoms. The quantitative estimate of drug-likeness (QED) is 0.667. The Morgan fingerprint density at radius 3 is 2.31 bits per heavy atom. The lowest BCUT2D eigenvalue weighted by Crippen LogP contribution is -2.33. The number of amides is 1. The lowest BCUT2D eigenvalue weighted by atomic mass is 10.0. The average molecular weight is 351 g/mol. The number of nitrogens with one attached hydrogen (secondary N) is 1. The Morgan fingerprint density at radius 2 is 1.65 bits per heavy atom. The van der Waals surface area contributed by atoms with Crippen LogP contribution in [0.15, 0.2) is 77.4 Å². The Morgan fingerprint density at radius 1 is 0.962 bits per heavy atom. The summed E-state index contributed by atoms with van der Waals surface area (Å²) in [5.74, 6) is 1.58. The lowest BCUT2D eigenvalue weighted by Gasteiger charge is -2.18. The van der Waals surface area contributed by atoms with Gasteiger partial charge in [-0.3, -0.25) is 4.79 Å². The van der Waals surface area contributed by atoms with Crippen molar-refractivity contribution in [2.24, 2.45) is 0 Å². The average Bonchev–Trinajstić information content (AvgIpc) is 3.21. The van der Waals surface area contributed by atoms with Crippen LogP contribution in [-0.2, 0) is 4.79 Å². The van der Waals surface area contributed by atoms with Gasteiger partial charge in [-0.1, -0.05) is 42.5 Å². The molecule has 1 aromatic heterocycles. The number of rotatable bonds is 8. The van der Waals surface area contributed by atoms with Crippen LogP contribution in [0.25, 0.3) is 0 Å². The van der Waals surface area contributed by atoms with Crippen molar-refractivity contribution in [1.29, 1.82) is 0 Å². The molecule has 0 radical (unpaired) electrons. The highest BCUT2D eigenvalue weighted by atomic mass is 16.5. The molecule has 2 aromatic carbocycles. The summed E-state index contributed by atoms with van der Waals surface area (Å²) in [6, 6.07) is 20.2. The van der Waals surface area contributed by atoms with E-state index in [1.165, 1.54) is 0 Å². The van der Waals surface area contributed by atoms with Crippen molar-refractivity contribution in [1.82, 2.24) is 5.32 Å². The van der Waals surface area contributed by atoms with E-state index in [-0.39, 0.29) is 18.6 Å². The maximum atomic E-state index is 12.4. The minimum absolute atomic E-state index is 0.117. The standard InChI is InChI=1S/C21H21NO4/c1-2-24-17-11-6-7-12-18(17)26-15-20(23)22-21(19-13-8-14-25-19)16-9-4-3-5-10-16/h3-14,21H,2,15H2,1H3,(H,22,23)/t21-/m1/s1. The number of ether oxygens (including phenoxy) is 2. The third-order valence-electron chi connectivity index (χ3n) is 3.77. The highest BCUT2D eigenvalue weighted by Gasteiger charge is 2.19. The van der Waals surface area contributed by atoms with E-state index in [1.54, 1.807) is 18.4 Å². The highest BCUT2D eigenvalue weighted by Crippen LogP contribution is 2.26. The van der Waals surface area contributed by atoms with Crippen LogP contribution >= 0.6 is 0 Å². The Bertz CT molecular complexity index is 815. The van der Waals surface area contributed by atoms with E-state index in [0.717, 1.165) is 5.56 Å². The number of hydrogen-bond acceptors (Lipinski definition) is 4. The molecule has 3 aromatic rings. The van der Waals surface area contributed by atoms with Gasteiger partial charge in [-0.2, -0.15) is 0 Å². The summed E-state index contributed by atoms with van der Waals surface area (Å²) in [5, 5.41) is 2.96. The van der Waals surface area contributed by atoms with Gasteiger partial charge in [-0.15, -0.1) is 0 Å². The summed E-state index contributed by atoms with van der Waals surface area (Å²) in [7, 11) is 0. The van der Waals surface area contributed by atoms with E-state index >= 15 is 0 Å². The SMILES string of the molecule is CCOc1ccccc1OCC(=O)N[C@H](c1ccccc1)c1ccco1. The predicted octanol–water partition coefficient (Wildman–Crippen LogP) is 3.96. The molecule has 0 fully saturated rings. The molecule has 3 rings (SSSR count). The number of para-hydroxylation sites is 2. The van der Waals surface area contributed by atoms with Gasteiger partial charge in [0.1, 0.15) is 11.8 Å². The first-order valence-electron chi connectivity index (χ1n) is 8.50. The van der Waals surface area contributed by atoms with E-state index in [4.69, 9.17) is 13.9 Å². The van der Waals surface area contributed by atoms with Crippen molar-refractivity contribution in [3.05, 3.63) is 84.3 Å². The first-order valence-corrected chi connectivity index (χ1v) is 8.50. The topological polar surface area (TPSA) is 60.7 Å². The number of carbonyl (C=O) groups is 1. The summed E-state index contributed by atoms with van der Waals surface area (Å²) < 4.78 is 16.6. The third kappa shape index (κ3) is 4.45. The lowest BCUT2D eigenvalue weighted by molar-refractivity contribution is -0.123. The minimum Gasteiger partial charge on any atom is -0.490 e. The second kappa shape index (κ2) is 8.76. The molecule has 0 aliphatic rings. The molecule has 0 aliphatic heterocycles. The van der Waals surface area contributed by atoms with Crippen LogP contribution in [0.5, 0.6) is 11.5 Å². The molecular weight excluding hydrogens is 330 g/mol. The Kier molecular flexibility index (Phi) is 5.93. The van der Waals surface area contributed by atoms with Crippen molar-refractivity contribution in [3.63, 3.8) is 0 Å². The smallest absolute Gasteiger partial charge is 0.258 e. The zero-order valence-electron chi connectivity index (χ0n) is 14.6. The zero-order chi connectivity index (χ0) is 18.2. The molecule has 1 N–H and O–H groups in total. The van der Waals surface area contributed by atoms with Gasteiger partial charge >= 0.3 is 0 Å². The number of hydrogen-bond donors (Lipinski definition) is 1. The molecular formula is C21H21NO4. The first kappa shape index (κ1) is 17.6. The van der Waals surface area contributed by atoms with E-state index in [2.05, 4.69) is 5.32 Å². The van der Waals surface area contributed by atoms with Gasteiger partial charge in [0.2, 0.25) is 0 Å². The molecule has 1 heterocycles. The fraction of sp³-hybridized carbons (Fsp3) is 0.190. The van der Waals surface area contributed by atoms with Crippen molar-refractivity contribution in [3.8, 4) is 11.5 Å². The van der Waals surface area contributed by atoms with Gasteiger partial charge in [-0.05, 0) is 36.8 Å². The van der Waals surface area contributed by atoms with E-state index in [0.29, 0.717) is 23.9 Å². The maximum Gasteiger partial charge on any atom is 0.258 e. The van der Waals surface area contributed by atoms with E-state index in [1.807, 2.05) is 61.5 Å². The van der Waals surface area contributed by atoms with Crippen molar-refractivity contribution in [2.45, 2.75) is 13.0 Å². The molecule has 1 amide bonds. The van der Waals surface area contributed by atoms with Crippen LogP contribution in [0.3, 0.4) is 0 Å². The van der Waals surface area contributed by atoms with Crippen LogP contribution in [0.1, 0.15) is 24.3 Å². The molecule has 5 nitrogen and oxygen atoms in total. The molecule has 0 spiro atoms. The first-order chi connectivity index (χ1) is 12.8. The van der Waals surface area contributed by atoms with Crippen LogP contribution in [-0.4, -0.2) is 19.1 Å². The van der Waals surface area contributed by atoms with E-state index in [9.17, 15) is 4.79 Å². The van der Waals surface area contributed by atoms with Crippen LogP contribution in [0.4, 0.5) is 0 Å². The number of benzene rings is 2. The molecule has 0 aliphatic carbocycles. The summed E-state index contributed by atoms with van der Waals surface area (Å²) in [4.78, 5) is 12.4. The largest absolute Gasteiger partial charge is 0.490 e. The molecule has 0 bridgehead atoms. The van der Waals surface area contributed by atoms with Crippen molar-refractivity contribution < 1.29 is 18.7 Å². The molecule has 5 heteroatoms. The predicted molar refractivity (Wildman–Crippen MR) is 98.2 cm³/mol. The fourth-order valence-electron chi connectivity index (χ4n) is 2.61. The fourth-order valence-corrected chi connectivity index (χ4v) is 2.61. The van der Waals surface area contributed by atoms with Gasteiger partial charge in [0.05, 0.1) is 12.9 Å². The Hall–Kier alpha value is -3.21. The number of furan rings is 1. The van der Waals surface area contributed by atoms with Gasteiger partial charge in [-0.25, -0.2) is 0 Å². The summed E-state index contributed by atoms with van der Waals surface area (Å²) in [6.07, 6.45) is 1.59. The minimum atomic E-state index is -0.371. The molecule has 0 saturated carbocycles. The second-order valence-electron chi connectivity index (χ2n) is 5.60. The third-order valence-corrected chi connectivity index (χ3v) is 3.77. The second-order valence-corrected chi connectivity index (χ2v) is 5.60. The number of carbonyl (C=O) groups excluding carboxylic acids is 1. The molecule has 0 saturated heterocycles. The molecule has 134 valence electrons. The van der Waals surface area contributed by atoms with Crippen LogP contribution < -0.4 is 14.8 Å². The summed E-state index contributed by atoms with van der Waals surface area (Å²) in [5.41, 5.74) is 0.936. The molecule has 0 unspecified atom stereocenters. The Labute approximate surface area is 152 Å². The maximum absolute atomic E-state index is 12.4. The monoisotopic (exact) mass is 351 g/mol. The normalized spacial score (nSPS) is 11.6. The summed E-state index contributed by atoms with van der Waals surface area (Å²) >= 11 is 0. The Balaban J connectivity index is 1.67. The van der Waals surface area contributed by atoms with Gasteiger partial charge < -0.3 is 19.2 Å². The highest BCUT2D eigenvalue weighted by molar-refractivity contribution is 5.78. The van der Waals surface area contributed by atoms with Gasteiger partial charge in [0, 0.05) is 0 Å². The van der Waals surface area contributed by atoms with Gasteiger partial charge in [0.25, 0.3) is 5.91 Å². The summed E-state index contributed by atoms with van der Waals surface area (Å²) in [6.45, 7) is 2.31. The van der Waals surface area contributed by atoms with Crippen molar-refractivity contribution in [2.75, 3.05) is 13.2 Å². The van der Waals surface area contributed by atoms with Crippen LogP contribution in [0.2, 0.25) is 0 Å². The van der Waals surface area contributed by atoms with Crippen LogP contribution in [0, 0.1) is 0 Å². The zero-order valence-corrected chi connectivity index (χ0v) is 14.6. The molecule has 1 atom stereocenters.